The molecule has 0 bridgehead atoms. The highest BCUT2D eigenvalue weighted by molar-refractivity contribution is 5.83. The van der Waals surface area contributed by atoms with Gasteiger partial charge in [0.15, 0.2) is 0 Å². The van der Waals surface area contributed by atoms with Crippen LogP contribution in [0.25, 0.3) is 22.3 Å². The summed E-state index contributed by atoms with van der Waals surface area (Å²) in [5, 5.41) is 0. The van der Waals surface area contributed by atoms with Crippen LogP contribution in [0, 0.1) is 31.3 Å². The Morgan fingerprint density at radius 3 is 0.790 bits per heavy atom. The molecule has 6 heteroatoms. The number of nitrogens with zero attached hydrogens (tertiary/aromatic N) is 3. The van der Waals surface area contributed by atoms with Crippen LogP contribution in [-0.2, 0) is 0 Å². The molecular weight excluding hydrogens is 772 g/mol. The van der Waals surface area contributed by atoms with Gasteiger partial charge in [0.25, 0.3) is 0 Å². The van der Waals surface area contributed by atoms with Crippen LogP contribution < -0.4 is 14.7 Å². The van der Waals surface area contributed by atoms with E-state index in [0.717, 1.165) is 78.9 Å². The van der Waals surface area contributed by atoms with E-state index in [1.807, 2.05) is 109 Å². The first-order valence-electron chi connectivity index (χ1n) is 20.5. The van der Waals surface area contributed by atoms with Crippen LogP contribution in [0.2, 0.25) is 0 Å². The van der Waals surface area contributed by atoms with Crippen molar-refractivity contribution in [1.29, 1.82) is 0 Å². The van der Waals surface area contributed by atoms with Gasteiger partial charge in [-0.05, 0) is 169 Å². The van der Waals surface area contributed by atoms with Gasteiger partial charge >= 0.3 is 0 Å². The second-order valence-corrected chi connectivity index (χ2v) is 15.3. The molecule has 0 saturated carbocycles. The van der Waals surface area contributed by atoms with Crippen molar-refractivity contribution >= 4 is 51.2 Å². The Morgan fingerprint density at radius 1 is 0.242 bits per heavy atom. The highest BCUT2D eigenvalue weighted by atomic mass is 19.1. The number of hydrogen-bond acceptors (Lipinski definition) is 3. The molecular formula is C56H42F3N3. The third-order valence-electron chi connectivity index (χ3n) is 10.9. The summed E-state index contributed by atoms with van der Waals surface area (Å²) < 4.78 is 43.6. The van der Waals surface area contributed by atoms with Crippen LogP contribution in [-0.4, -0.2) is 0 Å². The maximum absolute atomic E-state index is 14.7. The van der Waals surface area contributed by atoms with E-state index in [4.69, 9.17) is 0 Å². The molecule has 3 nitrogen and oxygen atoms in total. The lowest BCUT2D eigenvalue weighted by molar-refractivity contribution is 0.627. The minimum Gasteiger partial charge on any atom is -0.310 e. The monoisotopic (exact) mass is 813 g/mol. The first kappa shape index (κ1) is 39.6. The van der Waals surface area contributed by atoms with Gasteiger partial charge in [-0.3, -0.25) is 0 Å². The molecule has 0 saturated heterocycles. The molecule has 0 N–H and O–H groups in total. The standard InChI is InChI=1S/C56H42F3N3/c1-39-15-25-48(26-16-39)60(54-12-4-8-45(57)36-54)49-27-17-41(18-28-49)42-19-29-50(30-20-42)61(55-13-5-9-46(58)37-55)51-31-21-43(22-32-51)44-23-33-52(34-24-44)62(53-11-3-7-40(2)35-53)56-14-6-10-47(59)38-56/h3-38H,1-2H3. The van der Waals surface area contributed by atoms with Crippen molar-refractivity contribution in [3.8, 4) is 22.3 Å². The highest BCUT2D eigenvalue weighted by Crippen LogP contribution is 2.40. The zero-order valence-electron chi connectivity index (χ0n) is 34.3. The Morgan fingerprint density at radius 2 is 0.500 bits per heavy atom. The minimum absolute atomic E-state index is 0.295. The van der Waals surface area contributed by atoms with Gasteiger partial charge < -0.3 is 14.7 Å². The summed E-state index contributed by atoms with van der Waals surface area (Å²) in [6.45, 7) is 4.09. The maximum Gasteiger partial charge on any atom is 0.125 e. The predicted octanol–water partition coefficient (Wildman–Crippen LogP) is 16.5. The van der Waals surface area contributed by atoms with Crippen molar-refractivity contribution in [3.63, 3.8) is 0 Å². The number of anilines is 9. The largest absolute Gasteiger partial charge is 0.310 e. The minimum atomic E-state index is -0.322. The first-order chi connectivity index (χ1) is 30.3. The Bertz CT molecular complexity index is 2900. The molecule has 0 unspecified atom stereocenters. The fourth-order valence-corrected chi connectivity index (χ4v) is 7.86. The number of hydrogen-bond donors (Lipinski definition) is 0. The van der Waals surface area contributed by atoms with Crippen LogP contribution >= 0.6 is 0 Å². The van der Waals surface area contributed by atoms with Gasteiger partial charge in [0.2, 0.25) is 0 Å². The van der Waals surface area contributed by atoms with E-state index in [1.165, 1.54) is 24.3 Å². The van der Waals surface area contributed by atoms with E-state index in [2.05, 4.69) is 83.8 Å². The molecule has 9 aromatic carbocycles. The zero-order chi connectivity index (χ0) is 42.6. The number of benzene rings is 9. The Labute approximate surface area is 360 Å². The maximum atomic E-state index is 14.7. The summed E-state index contributed by atoms with van der Waals surface area (Å²) in [6.07, 6.45) is 0. The van der Waals surface area contributed by atoms with E-state index in [0.29, 0.717) is 5.69 Å². The van der Waals surface area contributed by atoms with Crippen molar-refractivity contribution < 1.29 is 13.2 Å². The van der Waals surface area contributed by atoms with Crippen molar-refractivity contribution in [2.24, 2.45) is 0 Å². The van der Waals surface area contributed by atoms with Crippen LogP contribution in [0.3, 0.4) is 0 Å². The van der Waals surface area contributed by atoms with Crippen molar-refractivity contribution in [2.75, 3.05) is 14.7 Å². The third-order valence-corrected chi connectivity index (χ3v) is 10.9. The average molecular weight is 814 g/mol. The van der Waals surface area contributed by atoms with Gasteiger partial charge in [-0.15, -0.1) is 0 Å². The van der Waals surface area contributed by atoms with Gasteiger partial charge in [0.05, 0.1) is 0 Å². The Hall–Kier alpha value is -7.83. The second-order valence-electron chi connectivity index (χ2n) is 15.3. The van der Waals surface area contributed by atoms with E-state index in [9.17, 15) is 13.2 Å². The molecule has 0 atom stereocenters. The summed E-state index contributed by atoms with van der Waals surface area (Å²) in [5.41, 5.74) is 13.9. The van der Waals surface area contributed by atoms with Gasteiger partial charge in [0, 0.05) is 51.2 Å². The summed E-state index contributed by atoms with van der Waals surface area (Å²) in [7, 11) is 0. The van der Waals surface area contributed by atoms with Crippen molar-refractivity contribution in [2.45, 2.75) is 13.8 Å². The fraction of sp³-hybridized carbons (Fsp3) is 0.0357. The van der Waals surface area contributed by atoms with E-state index >= 15 is 0 Å². The molecule has 0 aliphatic rings. The topological polar surface area (TPSA) is 9.72 Å². The van der Waals surface area contributed by atoms with Gasteiger partial charge in [-0.25, -0.2) is 13.2 Å². The Kier molecular flexibility index (Phi) is 11.1. The SMILES string of the molecule is Cc1ccc(N(c2ccc(-c3ccc(N(c4ccc(-c5ccc(N(c6cccc(C)c6)c6cccc(F)c6)cc5)cc4)c4cccc(F)c4)cc3)cc2)c2cccc(F)c2)cc1. The molecule has 0 amide bonds. The number of rotatable bonds is 11. The first-order valence-corrected chi connectivity index (χ1v) is 20.5. The van der Waals surface area contributed by atoms with E-state index in [-0.39, 0.29) is 17.5 Å². The van der Waals surface area contributed by atoms with E-state index < -0.39 is 0 Å². The van der Waals surface area contributed by atoms with Crippen molar-refractivity contribution in [3.05, 3.63) is 247 Å². The summed E-state index contributed by atoms with van der Waals surface area (Å²) in [6, 6.07) is 69.2. The molecule has 0 aliphatic heterocycles. The zero-order valence-corrected chi connectivity index (χ0v) is 34.3. The van der Waals surface area contributed by atoms with Gasteiger partial charge in [0.1, 0.15) is 17.5 Å². The molecule has 9 rings (SSSR count). The van der Waals surface area contributed by atoms with Crippen LogP contribution in [0.1, 0.15) is 11.1 Å². The average Bonchev–Trinajstić information content (AvgIpc) is 3.29. The lowest BCUT2D eigenvalue weighted by atomic mass is 10.0. The van der Waals surface area contributed by atoms with Crippen LogP contribution in [0.15, 0.2) is 218 Å². The summed E-state index contributed by atoms with van der Waals surface area (Å²) in [5.74, 6) is -0.914. The molecule has 0 heterocycles. The third kappa shape index (κ3) is 8.58. The molecule has 62 heavy (non-hydrogen) atoms. The lowest BCUT2D eigenvalue weighted by Crippen LogP contribution is -2.10. The molecule has 0 aromatic heterocycles. The smallest absolute Gasteiger partial charge is 0.125 e. The second kappa shape index (κ2) is 17.4. The molecule has 0 fully saturated rings. The molecule has 302 valence electrons. The van der Waals surface area contributed by atoms with Crippen molar-refractivity contribution in [1.82, 2.24) is 0 Å². The highest BCUT2D eigenvalue weighted by Gasteiger charge is 2.17. The summed E-state index contributed by atoms with van der Waals surface area (Å²) in [4.78, 5) is 6.14. The molecule has 0 radical (unpaired) electrons. The Balaban J connectivity index is 0.987. The van der Waals surface area contributed by atoms with Gasteiger partial charge in [-0.1, -0.05) is 96.6 Å². The quantitative estimate of drug-likeness (QED) is 0.129. The lowest BCUT2D eigenvalue weighted by Gasteiger charge is -2.26. The van der Waals surface area contributed by atoms with E-state index in [1.54, 1.807) is 30.3 Å². The molecule has 9 aromatic rings. The number of halogens is 3. The van der Waals surface area contributed by atoms with Gasteiger partial charge in [-0.2, -0.15) is 0 Å². The molecule has 0 spiro atoms. The fourth-order valence-electron chi connectivity index (χ4n) is 7.86. The normalized spacial score (nSPS) is 11.0. The van der Waals surface area contributed by atoms with Crippen LogP contribution in [0.4, 0.5) is 64.4 Å². The number of aryl methyl sites for hydroxylation is 2. The predicted molar refractivity (Wildman–Crippen MR) is 251 cm³/mol. The summed E-state index contributed by atoms with van der Waals surface area (Å²) >= 11 is 0. The van der Waals surface area contributed by atoms with Crippen LogP contribution in [0.5, 0.6) is 0 Å². The molecule has 0 aliphatic carbocycles.